The van der Waals surface area contributed by atoms with E-state index in [0.29, 0.717) is 22.7 Å². The van der Waals surface area contributed by atoms with Crippen molar-refractivity contribution in [2.45, 2.75) is 105 Å². The first-order chi connectivity index (χ1) is 11.9. The monoisotopic (exact) mass is 378 g/mol. The second-order valence-corrected chi connectivity index (χ2v) is 9.98. The average molecular weight is 379 g/mol. The molecule has 0 aromatic heterocycles. The molecule has 0 aliphatic heterocycles. The van der Waals surface area contributed by atoms with Crippen LogP contribution in [0.15, 0.2) is 36.4 Å². The van der Waals surface area contributed by atoms with Crippen molar-refractivity contribution in [3.8, 4) is 0 Å². The van der Waals surface area contributed by atoms with Gasteiger partial charge < -0.3 is 0 Å². The molecule has 148 valence electrons. The Morgan fingerprint density at radius 3 is 1.19 bits per heavy atom. The Hall–Kier alpha value is -0.534. The second-order valence-electron chi connectivity index (χ2n) is 9.98. The van der Waals surface area contributed by atoms with Gasteiger partial charge in [-0.2, -0.15) is 46.5 Å². The quantitative estimate of drug-likeness (QED) is 0.373. The molecule has 0 heterocycles. The summed E-state index contributed by atoms with van der Waals surface area (Å²) in [6.07, 6.45) is 2.46. The standard InChI is InChI=1S/2C13H21.Mg/c2*1-6-10(2)11-7-8-12(9-11)13(3,4)5;/h2*7-10H,6H2,1-5H3;/q2*-1;+2. The van der Waals surface area contributed by atoms with Crippen LogP contribution >= 0.6 is 0 Å². The third kappa shape index (κ3) is 8.16. The average Bonchev–Trinajstić information content (AvgIpc) is 3.22. The predicted octanol–water partition coefficient (Wildman–Crippen LogP) is 8.05. The Balaban J connectivity index is 0.000000483. The van der Waals surface area contributed by atoms with Crippen molar-refractivity contribution in [1.82, 2.24) is 0 Å². The molecule has 2 rings (SSSR count). The van der Waals surface area contributed by atoms with Gasteiger partial charge in [0.05, 0.1) is 0 Å². The fourth-order valence-electron chi connectivity index (χ4n) is 2.94. The molecular weight excluding hydrogens is 337 g/mol. The van der Waals surface area contributed by atoms with Gasteiger partial charge in [-0.05, 0) is 0 Å². The zero-order chi connectivity index (χ0) is 20.1. The van der Waals surface area contributed by atoms with Crippen LogP contribution in [0.3, 0.4) is 0 Å². The topological polar surface area (TPSA) is 0 Å². The summed E-state index contributed by atoms with van der Waals surface area (Å²) in [5, 5.41) is 0. The largest absolute Gasteiger partial charge is 2.00 e. The molecule has 0 spiro atoms. The van der Waals surface area contributed by atoms with Gasteiger partial charge >= 0.3 is 23.1 Å². The van der Waals surface area contributed by atoms with Crippen molar-refractivity contribution in [3.63, 3.8) is 0 Å². The first kappa shape index (κ1) is 26.5. The Morgan fingerprint density at radius 1 is 0.704 bits per heavy atom. The van der Waals surface area contributed by atoms with E-state index in [2.05, 4.69) is 106 Å². The third-order valence-corrected chi connectivity index (χ3v) is 5.65. The fourth-order valence-corrected chi connectivity index (χ4v) is 2.94. The van der Waals surface area contributed by atoms with Gasteiger partial charge in [0.1, 0.15) is 0 Å². The van der Waals surface area contributed by atoms with Crippen LogP contribution in [-0.4, -0.2) is 23.1 Å². The van der Waals surface area contributed by atoms with Gasteiger partial charge in [-0.15, -0.1) is 0 Å². The van der Waals surface area contributed by atoms with Gasteiger partial charge in [0, 0.05) is 0 Å². The summed E-state index contributed by atoms with van der Waals surface area (Å²) in [6.45, 7) is 22.7. The summed E-state index contributed by atoms with van der Waals surface area (Å²) < 4.78 is 0. The minimum atomic E-state index is 0. The van der Waals surface area contributed by atoms with E-state index in [4.69, 9.17) is 0 Å². The van der Waals surface area contributed by atoms with E-state index >= 15 is 0 Å². The molecule has 0 N–H and O–H groups in total. The molecule has 0 bridgehead atoms. The fraction of sp³-hybridized carbons (Fsp3) is 0.615. The molecule has 0 saturated heterocycles. The van der Waals surface area contributed by atoms with E-state index in [0.717, 1.165) is 0 Å². The van der Waals surface area contributed by atoms with Crippen LogP contribution in [0.25, 0.3) is 0 Å². The molecule has 2 aromatic carbocycles. The Labute approximate surface area is 186 Å². The Kier molecular flexibility index (Phi) is 10.6. The van der Waals surface area contributed by atoms with Gasteiger partial charge in [-0.3, -0.25) is 0 Å². The maximum absolute atomic E-state index is 2.36. The van der Waals surface area contributed by atoms with E-state index < -0.39 is 0 Å². The zero-order valence-electron chi connectivity index (χ0n) is 19.7. The van der Waals surface area contributed by atoms with E-state index in [1.807, 2.05) is 0 Å². The van der Waals surface area contributed by atoms with Crippen molar-refractivity contribution in [2.75, 3.05) is 0 Å². The molecule has 0 saturated carbocycles. The summed E-state index contributed by atoms with van der Waals surface area (Å²) in [7, 11) is 0. The summed E-state index contributed by atoms with van der Waals surface area (Å²) in [5.41, 5.74) is 6.50. The first-order valence-electron chi connectivity index (χ1n) is 10.4. The molecule has 0 amide bonds. The van der Waals surface area contributed by atoms with Crippen LogP contribution in [0.5, 0.6) is 0 Å². The predicted molar refractivity (Wildman–Crippen MR) is 125 cm³/mol. The van der Waals surface area contributed by atoms with Gasteiger partial charge in [-0.1, -0.05) is 105 Å². The van der Waals surface area contributed by atoms with Crippen molar-refractivity contribution in [1.29, 1.82) is 0 Å². The van der Waals surface area contributed by atoms with Gasteiger partial charge in [-0.25, -0.2) is 12.1 Å². The van der Waals surface area contributed by atoms with Gasteiger partial charge in [0.25, 0.3) is 0 Å². The Bertz CT molecular complexity index is 584. The molecule has 2 aromatic rings. The summed E-state index contributed by atoms with van der Waals surface area (Å²) in [6, 6.07) is 13.8. The smallest absolute Gasteiger partial charge is 0.210 e. The van der Waals surface area contributed by atoms with Crippen molar-refractivity contribution in [3.05, 3.63) is 58.7 Å². The molecule has 1 heteroatoms. The van der Waals surface area contributed by atoms with E-state index in [9.17, 15) is 0 Å². The van der Waals surface area contributed by atoms with Crippen molar-refractivity contribution in [2.24, 2.45) is 0 Å². The molecule has 0 fully saturated rings. The van der Waals surface area contributed by atoms with E-state index in [1.54, 1.807) is 0 Å². The van der Waals surface area contributed by atoms with Crippen LogP contribution in [0.2, 0.25) is 0 Å². The summed E-state index contributed by atoms with van der Waals surface area (Å²) >= 11 is 0. The summed E-state index contributed by atoms with van der Waals surface area (Å²) in [4.78, 5) is 0. The van der Waals surface area contributed by atoms with Crippen LogP contribution in [0, 0.1) is 0 Å². The zero-order valence-corrected chi connectivity index (χ0v) is 21.2. The number of rotatable bonds is 4. The van der Waals surface area contributed by atoms with Crippen LogP contribution < -0.4 is 0 Å². The van der Waals surface area contributed by atoms with Crippen LogP contribution in [0.1, 0.15) is 116 Å². The normalized spacial score (nSPS) is 14.0. The SMILES string of the molecule is CCC(C)[c-]1ccc(C(C)(C)C)c1.CCC(C)[c-]1ccc(C(C)(C)C)c1.[Mg+2]. The number of hydrogen-bond donors (Lipinski definition) is 0. The van der Waals surface area contributed by atoms with E-state index in [1.165, 1.54) is 35.1 Å². The minimum absolute atomic E-state index is 0. The molecule has 27 heavy (non-hydrogen) atoms. The van der Waals surface area contributed by atoms with Crippen molar-refractivity contribution >= 4 is 23.1 Å². The van der Waals surface area contributed by atoms with Gasteiger partial charge in [0.15, 0.2) is 0 Å². The molecule has 2 unspecified atom stereocenters. The maximum atomic E-state index is 2.36. The third-order valence-electron chi connectivity index (χ3n) is 5.65. The Morgan fingerprint density at radius 2 is 1.00 bits per heavy atom. The molecule has 0 aliphatic carbocycles. The first-order valence-corrected chi connectivity index (χ1v) is 10.4. The van der Waals surface area contributed by atoms with E-state index in [-0.39, 0.29) is 23.1 Å². The van der Waals surface area contributed by atoms with Crippen LogP contribution in [-0.2, 0) is 10.8 Å². The second kappa shape index (κ2) is 10.9. The van der Waals surface area contributed by atoms with Crippen LogP contribution in [0.4, 0.5) is 0 Å². The van der Waals surface area contributed by atoms with Crippen molar-refractivity contribution < 1.29 is 0 Å². The number of hydrogen-bond acceptors (Lipinski definition) is 0. The molecular formula is C26H42Mg. The molecule has 0 nitrogen and oxygen atoms in total. The summed E-state index contributed by atoms with van der Waals surface area (Å²) in [5.74, 6) is 1.41. The molecule has 0 radical (unpaired) electrons. The van der Waals surface area contributed by atoms with Gasteiger partial charge in [0.2, 0.25) is 0 Å². The molecule has 2 atom stereocenters. The maximum Gasteiger partial charge on any atom is 2.00 e. The minimum Gasteiger partial charge on any atom is -0.210 e. The molecule has 0 aliphatic rings.